The van der Waals surface area contributed by atoms with Crippen molar-refractivity contribution >= 4 is 11.6 Å². The van der Waals surface area contributed by atoms with Crippen molar-refractivity contribution in [1.29, 1.82) is 0 Å². The Hall–Kier alpha value is -1.55. The molecule has 1 aliphatic rings. The Labute approximate surface area is 108 Å². The van der Waals surface area contributed by atoms with Gasteiger partial charge in [0.1, 0.15) is 0 Å². The zero-order valence-electron chi connectivity index (χ0n) is 10.9. The van der Waals surface area contributed by atoms with Crippen LogP contribution < -0.4 is 5.73 Å². The minimum atomic E-state index is 0.103. The zero-order valence-corrected chi connectivity index (χ0v) is 10.9. The molecule has 2 N–H and O–H groups in total. The van der Waals surface area contributed by atoms with Crippen LogP contribution in [0.25, 0.3) is 0 Å². The molecule has 0 saturated carbocycles. The van der Waals surface area contributed by atoms with E-state index < -0.39 is 0 Å². The summed E-state index contributed by atoms with van der Waals surface area (Å²) in [6, 6.07) is 7.51. The molecule has 0 unspecified atom stereocenters. The molecule has 1 saturated heterocycles. The second-order valence-electron chi connectivity index (χ2n) is 4.93. The summed E-state index contributed by atoms with van der Waals surface area (Å²) in [6.45, 7) is 5.31. The minimum absolute atomic E-state index is 0.103. The standard InChI is InChI=1S/C14H20N2O2/c1-10-8-16(9-11(2)18-10)14(17)7-12-5-3-4-6-13(12)15/h3-6,10-11H,7-9,15H2,1-2H3/t10-,11+. The van der Waals surface area contributed by atoms with Crippen LogP contribution in [0.3, 0.4) is 0 Å². The van der Waals surface area contributed by atoms with Crippen molar-refractivity contribution in [2.45, 2.75) is 32.5 Å². The van der Waals surface area contributed by atoms with E-state index in [1.165, 1.54) is 0 Å². The molecule has 1 aliphatic heterocycles. The summed E-state index contributed by atoms with van der Waals surface area (Å²) in [6.07, 6.45) is 0.572. The molecule has 0 bridgehead atoms. The predicted molar refractivity (Wildman–Crippen MR) is 71.1 cm³/mol. The van der Waals surface area contributed by atoms with Gasteiger partial charge < -0.3 is 15.4 Å². The van der Waals surface area contributed by atoms with Crippen LogP contribution in [-0.2, 0) is 16.0 Å². The van der Waals surface area contributed by atoms with Gasteiger partial charge >= 0.3 is 0 Å². The number of nitrogens with zero attached hydrogens (tertiary/aromatic N) is 1. The molecule has 1 heterocycles. The van der Waals surface area contributed by atoms with Crippen LogP contribution in [0.4, 0.5) is 5.69 Å². The van der Waals surface area contributed by atoms with E-state index in [9.17, 15) is 4.79 Å². The van der Waals surface area contributed by atoms with Crippen molar-refractivity contribution in [1.82, 2.24) is 4.90 Å². The van der Waals surface area contributed by atoms with Gasteiger partial charge in [-0.2, -0.15) is 0 Å². The number of hydrogen-bond donors (Lipinski definition) is 1. The number of morpholine rings is 1. The summed E-state index contributed by atoms with van der Waals surface area (Å²) in [5.41, 5.74) is 7.44. The summed E-state index contributed by atoms with van der Waals surface area (Å²) < 4.78 is 5.62. The lowest BCUT2D eigenvalue weighted by Crippen LogP contribution is -2.48. The van der Waals surface area contributed by atoms with E-state index in [-0.39, 0.29) is 18.1 Å². The summed E-state index contributed by atoms with van der Waals surface area (Å²) >= 11 is 0. The lowest BCUT2D eigenvalue weighted by molar-refractivity contribution is -0.142. The average molecular weight is 248 g/mol. The van der Waals surface area contributed by atoms with Crippen molar-refractivity contribution in [3.8, 4) is 0 Å². The predicted octanol–water partition coefficient (Wildman–Crippen LogP) is 1.45. The van der Waals surface area contributed by atoms with Crippen molar-refractivity contribution in [2.75, 3.05) is 18.8 Å². The molecule has 18 heavy (non-hydrogen) atoms. The summed E-state index contributed by atoms with van der Waals surface area (Å²) in [5, 5.41) is 0. The topological polar surface area (TPSA) is 55.6 Å². The monoisotopic (exact) mass is 248 g/mol. The van der Waals surface area contributed by atoms with Crippen LogP contribution in [0.1, 0.15) is 19.4 Å². The number of rotatable bonds is 2. The fraction of sp³-hybridized carbons (Fsp3) is 0.500. The van der Waals surface area contributed by atoms with Crippen LogP contribution in [-0.4, -0.2) is 36.1 Å². The van der Waals surface area contributed by atoms with E-state index in [0.717, 1.165) is 5.56 Å². The van der Waals surface area contributed by atoms with Crippen LogP contribution in [0.5, 0.6) is 0 Å². The summed E-state index contributed by atoms with van der Waals surface area (Å²) in [5.74, 6) is 0.120. The van der Waals surface area contributed by atoms with E-state index in [2.05, 4.69) is 0 Å². The van der Waals surface area contributed by atoms with Gasteiger partial charge in [-0.25, -0.2) is 0 Å². The second kappa shape index (κ2) is 5.40. The first-order valence-electron chi connectivity index (χ1n) is 6.33. The Bertz CT molecular complexity index is 424. The Morgan fingerprint density at radius 3 is 2.56 bits per heavy atom. The number of nitrogens with two attached hydrogens (primary N) is 1. The van der Waals surface area contributed by atoms with Gasteiger partial charge in [0.25, 0.3) is 0 Å². The van der Waals surface area contributed by atoms with E-state index in [0.29, 0.717) is 25.2 Å². The lowest BCUT2D eigenvalue weighted by Gasteiger charge is -2.35. The first-order chi connectivity index (χ1) is 8.56. The molecule has 1 amide bonds. The summed E-state index contributed by atoms with van der Waals surface area (Å²) in [4.78, 5) is 14.1. The van der Waals surface area contributed by atoms with Gasteiger partial charge in [0.05, 0.1) is 18.6 Å². The molecular formula is C14H20N2O2. The number of para-hydroxylation sites is 1. The van der Waals surface area contributed by atoms with Crippen LogP contribution in [0.15, 0.2) is 24.3 Å². The lowest BCUT2D eigenvalue weighted by atomic mass is 10.1. The Morgan fingerprint density at radius 1 is 1.33 bits per heavy atom. The molecule has 2 atom stereocenters. The highest BCUT2D eigenvalue weighted by molar-refractivity contribution is 5.80. The van der Waals surface area contributed by atoms with E-state index >= 15 is 0 Å². The number of carbonyl (C=O) groups excluding carboxylic acids is 1. The number of amides is 1. The normalized spacial score (nSPS) is 24.0. The van der Waals surface area contributed by atoms with E-state index in [1.54, 1.807) is 0 Å². The van der Waals surface area contributed by atoms with Crippen molar-refractivity contribution in [3.63, 3.8) is 0 Å². The Morgan fingerprint density at radius 2 is 1.94 bits per heavy atom. The van der Waals surface area contributed by atoms with Crippen LogP contribution in [0, 0.1) is 0 Å². The SMILES string of the molecule is C[C@@H]1CN(C(=O)Cc2ccccc2N)C[C@H](C)O1. The minimum Gasteiger partial charge on any atom is -0.398 e. The number of ether oxygens (including phenoxy) is 1. The third-order valence-electron chi connectivity index (χ3n) is 3.17. The number of hydrogen-bond acceptors (Lipinski definition) is 3. The fourth-order valence-electron chi connectivity index (χ4n) is 2.35. The van der Waals surface area contributed by atoms with Gasteiger partial charge in [-0.15, -0.1) is 0 Å². The van der Waals surface area contributed by atoms with E-state index in [4.69, 9.17) is 10.5 Å². The second-order valence-corrected chi connectivity index (χ2v) is 4.93. The van der Waals surface area contributed by atoms with Gasteiger partial charge in [-0.3, -0.25) is 4.79 Å². The highest BCUT2D eigenvalue weighted by Gasteiger charge is 2.25. The van der Waals surface area contributed by atoms with Crippen molar-refractivity contribution in [2.24, 2.45) is 0 Å². The maximum atomic E-state index is 12.2. The molecule has 4 heteroatoms. The average Bonchev–Trinajstić information content (AvgIpc) is 2.31. The maximum absolute atomic E-state index is 12.2. The molecule has 0 aromatic heterocycles. The van der Waals surface area contributed by atoms with Crippen LogP contribution in [0.2, 0.25) is 0 Å². The van der Waals surface area contributed by atoms with Gasteiger partial charge in [0.2, 0.25) is 5.91 Å². The first kappa shape index (κ1) is 12.9. The number of benzene rings is 1. The molecule has 0 spiro atoms. The number of carbonyl (C=O) groups is 1. The molecule has 98 valence electrons. The largest absolute Gasteiger partial charge is 0.398 e. The zero-order chi connectivity index (χ0) is 13.1. The Balaban J connectivity index is 2.02. The highest BCUT2D eigenvalue weighted by atomic mass is 16.5. The van der Waals surface area contributed by atoms with Gasteiger partial charge in [-0.05, 0) is 25.5 Å². The highest BCUT2D eigenvalue weighted by Crippen LogP contribution is 2.15. The molecule has 1 aromatic carbocycles. The van der Waals surface area contributed by atoms with Gasteiger partial charge in [0.15, 0.2) is 0 Å². The molecule has 1 aromatic rings. The quantitative estimate of drug-likeness (QED) is 0.806. The van der Waals surface area contributed by atoms with E-state index in [1.807, 2.05) is 43.0 Å². The third kappa shape index (κ3) is 3.01. The third-order valence-corrected chi connectivity index (χ3v) is 3.17. The number of anilines is 1. The first-order valence-corrected chi connectivity index (χ1v) is 6.33. The Kier molecular flexibility index (Phi) is 3.87. The molecule has 0 radical (unpaired) electrons. The molecule has 1 fully saturated rings. The molecule has 0 aliphatic carbocycles. The van der Waals surface area contributed by atoms with Gasteiger partial charge in [-0.1, -0.05) is 18.2 Å². The number of nitrogen functional groups attached to an aromatic ring is 1. The molecular weight excluding hydrogens is 228 g/mol. The smallest absolute Gasteiger partial charge is 0.227 e. The van der Waals surface area contributed by atoms with Crippen LogP contribution >= 0.6 is 0 Å². The van der Waals surface area contributed by atoms with Crippen molar-refractivity contribution in [3.05, 3.63) is 29.8 Å². The summed E-state index contributed by atoms with van der Waals surface area (Å²) in [7, 11) is 0. The molecule has 2 rings (SSSR count). The molecule has 4 nitrogen and oxygen atoms in total. The fourth-order valence-corrected chi connectivity index (χ4v) is 2.35. The van der Waals surface area contributed by atoms with Gasteiger partial charge in [0, 0.05) is 18.8 Å². The maximum Gasteiger partial charge on any atom is 0.227 e. The van der Waals surface area contributed by atoms with Crippen molar-refractivity contribution < 1.29 is 9.53 Å².